The van der Waals surface area contributed by atoms with Crippen LogP contribution in [0, 0.1) is 0 Å². The Hall–Kier alpha value is -0.600. The molecule has 96 valence electrons. The Labute approximate surface area is 91.1 Å². The minimum atomic E-state index is -5.74. The van der Waals surface area contributed by atoms with E-state index in [1.54, 1.807) is 0 Å². The molecule has 2 atom stereocenters. The summed E-state index contributed by atoms with van der Waals surface area (Å²) in [7, 11) is -13.5. The maximum absolute atomic E-state index is 12.6. The van der Waals surface area contributed by atoms with Crippen molar-refractivity contribution >= 4 is 38.5 Å². The average molecular weight is 306 g/mol. The number of hydrogen-bond donors (Lipinski definition) is 2. The first-order valence-electron chi connectivity index (χ1n) is 2.86. The standard InChI is InChI=1S/C2H2F4N2O5S3/c3-1(9)7-14(10)2(4,5)15(11)8-16(6,12)13/h8H,(H,7,9). The lowest BCUT2D eigenvalue weighted by Crippen LogP contribution is -2.44. The van der Waals surface area contributed by atoms with Crippen LogP contribution in [0.3, 0.4) is 0 Å². The molecule has 14 heteroatoms. The summed E-state index contributed by atoms with van der Waals surface area (Å²) in [5, 5.41) is 0. The van der Waals surface area contributed by atoms with E-state index < -0.39 is 43.1 Å². The lowest BCUT2D eigenvalue weighted by molar-refractivity contribution is 0.192. The van der Waals surface area contributed by atoms with Gasteiger partial charge in [-0.05, 0) is 0 Å². The van der Waals surface area contributed by atoms with E-state index >= 15 is 0 Å². The van der Waals surface area contributed by atoms with Gasteiger partial charge in [0, 0.05) is 0 Å². The van der Waals surface area contributed by atoms with Crippen LogP contribution >= 0.6 is 0 Å². The molecule has 1 amide bonds. The summed E-state index contributed by atoms with van der Waals surface area (Å²) in [6, 6.07) is 0. The SMILES string of the molecule is O=C(F)NS(=O)C(F)(F)S(=O)NS(=O)(=O)F. The van der Waals surface area contributed by atoms with E-state index in [0.717, 1.165) is 0 Å². The van der Waals surface area contributed by atoms with E-state index in [-0.39, 0.29) is 4.13 Å². The van der Waals surface area contributed by atoms with Gasteiger partial charge in [0.1, 0.15) is 0 Å². The Morgan fingerprint density at radius 3 is 1.94 bits per heavy atom. The summed E-state index contributed by atoms with van der Waals surface area (Å²) >= 11 is 0. The zero-order chi connectivity index (χ0) is 13.1. The lowest BCUT2D eigenvalue weighted by atomic mass is 11.4. The summed E-state index contributed by atoms with van der Waals surface area (Å²) in [6.07, 6.45) is -2.63. The molecule has 0 saturated carbocycles. The van der Waals surface area contributed by atoms with Crippen LogP contribution in [0.15, 0.2) is 0 Å². The molecule has 2 N–H and O–H groups in total. The molecule has 0 radical (unpaired) electrons. The van der Waals surface area contributed by atoms with E-state index in [2.05, 4.69) is 0 Å². The molecule has 0 aliphatic carbocycles. The topological polar surface area (TPSA) is 109 Å². The van der Waals surface area contributed by atoms with Gasteiger partial charge in [0.05, 0.1) is 0 Å². The molecular formula is C2H2F4N2O5S3. The summed E-state index contributed by atoms with van der Waals surface area (Å²) in [5.41, 5.74) is 0. The van der Waals surface area contributed by atoms with Gasteiger partial charge in [0.25, 0.3) is 0 Å². The molecule has 0 aliphatic heterocycles. The third-order valence-electron chi connectivity index (χ3n) is 0.780. The normalized spacial score (nSPS) is 16.5. The van der Waals surface area contributed by atoms with Crippen molar-refractivity contribution in [1.82, 2.24) is 8.85 Å². The first-order valence-corrected chi connectivity index (χ1v) is 6.55. The van der Waals surface area contributed by atoms with Crippen LogP contribution in [0.1, 0.15) is 0 Å². The third kappa shape index (κ3) is 4.95. The zero-order valence-electron chi connectivity index (χ0n) is 6.78. The molecule has 0 saturated heterocycles. The van der Waals surface area contributed by atoms with Gasteiger partial charge >= 0.3 is 21.2 Å². The minimum absolute atomic E-state index is 0.274. The average Bonchev–Trinajstić information content (AvgIpc) is 1.99. The molecule has 0 fully saturated rings. The zero-order valence-corrected chi connectivity index (χ0v) is 9.23. The van der Waals surface area contributed by atoms with Gasteiger partial charge in [-0.3, -0.25) is 0 Å². The van der Waals surface area contributed by atoms with Gasteiger partial charge in [0.15, 0.2) is 11.0 Å². The largest absolute Gasteiger partial charge is 0.428 e. The fraction of sp³-hybridized carbons (Fsp3) is 0.500. The highest BCUT2D eigenvalue weighted by atomic mass is 32.3. The predicted octanol–water partition coefficient (Wildman–Crippen LogP) is -0.653. The van der Waals surface area contributed by atoms with E-state index in [1.165, 1.54) is 0 Å². The van der Waals surface area contributed by atoms with Crippen LogP contribution in [0.2, 0.25) is 0 Å². The Bertz CT molecular complexity index is 433. The monoisotopic (exact) mass is 306 g/mol. The Morgan fingerprint density at radius 1 is 1.19 bits per heavy atom. The second-order valence-electron chi connectivity index (χ2n) is 1.90. The molecule has 0 aromatic heterocycles. The number of rotatable bonds is 5. The predicted molar refractivity (Wildman–Crippen MR) is 44.0 cm³/mol. The molecule has 0 aromatic carbocycles. The summed E-state index contributed by atoms with van der Waals surface area (Å²) < 4.78 is 84.9. The van der Waals surface area contributed by atoms with Crippen molar-refractivity contribution in [2.45, 2.75) is 4.59 Å². The molecule has 16 heavy (non-hydrogen) atoms. The molecular weight excluding hydrogens is 304 g/mol. The molecule has 0 aromatic rings. The lowest BCUT2D eigenvalue weighted by Gasteiger charge is -2.12. The van der Waals surface area contributed by atoms with Crippen molar-refractivity contribution in [2.75, 3.05) is 0 Å². The van der Waals surface area contributed by atoms with E-state index in [4.69, 9.17) is 0 Å². The molecule has 7 nitrogen and oxygen atoms in total. The number of nitrogens with one attached hydrogen (secondary N) is 2. The van der Waals surface area contributed by atoms with Gasteiger partial charge in [-0.25, -0.2) is 17.9 Å². The molecule has 0 rings (SSSR count). The van der Waals surface area contributed by atoms with E-state index in [1.807, 2.05) is 0 Å². The molecule has 0 spiro atoms. The fourth-order valence-electron chi connectivity index (χ4n) is 0.340. The van der Waals surface area contributed by atoms with Crippen LogP contribution in [-0.2, 0) is 32.4 Å². The Morgan fingerprint density at radius 2 is 1.62 bits per heavy atom. The van der Waals surface area contributed by atoms with Gasteiger partial charge < -0.3 is 0 Å². The van der Waals surface area contributed by atoms with Gasteiger partial charge in [-0.2, -0.15) is 17.2 Å². The summed E-state index contributed by atoms with van der Waals surface area (Å²) in [5.74, 6) is 0. The van der Waals surface area contributed by atoms with Crippen LogP contribution in [-0.4, -0.2) is 27.6 Å². The molecule has 2 unspecified atom stereocenters. The number of alkyl halides is 2. The van der Waals surface area contributed by atoms with Crippen molar-refractivity contribution in [3.63, 3.8) is 0 Å². The summed E-state index contributed by atoms with van der Waals surface area (Å²) in [6.45, 7) is 0. The third-order valence-corrected chi connectivity index (χ3v) is 4.30. The number of carbonyl (C=O) groups excluding carboxylic acids is 1. The molecule has 0 heterocycles. The molecule has 0 aliphatic rings. The van der Waals surface area contributed by atoms with Gasteiger partial charge in [-0.1, -0.05) is 8.01 Å². The summed E-state index contributed by atoms with van der Waals surface area (Å²) in [4.78, 5) is 9.59. The van der Waals surface area contributed by atoms with E-state index in [0.29, 0.717) is 4.72 Å². The Kier molecular flexibility index (Phi) is 4.96. The number of halogens is 4. The first-order chi connectivity index (χ1) is 6.97. The smallest absolute Gasteiger partial charge is 0.241 e. The first kappa shape index (κ1) is 15.4. The highest BCUT2D eigenvalue weighted by Gasteiger charge is 2.47. The van der Waals surface area contributed by atoms with Crippen molar-refractivity contribution < 1.29 is 38.7 Å². The Balaban J connectivity index is 4.85. The van der Waals surface area contributed by atoms with Crippen LogP contribution in [0.4, 0.5) is 21.9 Å². The fourth-order valence-corrected chi connectivity index (χ4v) is 2.70. The van der Waals surface area contributed by atoms with Gasteiger partial charge in [-0.15, -0.1) is 4.39 Å². The number of hydrogen-bond acceptors (Lipinski definition) is 5. The molecule has 0 bridgehead atoms. The minimum Gasteiger partial charge on any atom is -0.241 e. The van der Waals surface area contributed by atoms with E-state index in [9.17, 15) is 38.7 Å². The van der Waals surface area contributed by atoms with Crippen LogP contribution in [0.5, 0.6) is 0 Å². The second-order valence-corrected chi connectivity index (χ2v) is 6.00. The van der Waals surface area contributed by atoms with Crippen molar-refractivity contribution in [3.8, 4) is 0 Å². The maximum atomic E-state index is 12.6. The van der Waals surface area contributed by atoms with Crippen LogP contribution in [0.25, 0.3) is 0 Å². The van der Waals surface area contributed by atoms with Crippen molar-refractivity contribution in [3.05, 3.63) is 0 Å². The maximum Gasteiger partial charge on any atom is 0.428 e. The van der Waals surface area contributed by atoms with Crippen molar-refractivity contribution in [2.24, 2.45) is 0 Å². The van der Waals surface area contributed by atoms with Crippen LogP contribution < -0.4 is 8.85 Å². The van der Waals surface area contributed by atoms with Crippen molar-refractivity contribution in [1.29, 1.82) is 0 Å². The number of amides is 1. The number of carbonyl (C=O) groups is 1. The second kappa shape index (κ2) is 5.15. The van der Waals surface area contributed by atoms with Gasteiger partial charge in [0.2, 0.25) is 11.0 Å². The highest BCUT2D eigenvalue weighted by molar-refractivity contribution is 8.07. The quantitative estimate of drug-likeness (QED) is 0.398. The highest BCUT2D eigenvalue weighted by Crippen LogP contribution is 2.21.